The summed E-state index contributed by atoms with van der Waals surface area (Å²) < 4.78 is 5.43. The number of hydrogen-bond donors (Lipinski definition) is 2. The number of nitrogens with zero attached hydrogens (tertiary/aromatic N) is 1. The van der Waals surface area contributed by atoms with Crippen LogP contribution in [0.3, 0.4) is 0 Å². The van der Waals surface area contributed by atoms with Crippen molar-refractivity contribution in [3.8, 4) is 5.75 Å². The zero-order valence-corrected chi connectivity index (χ0v) is 19.3. The molecule has 0 bridgehead atoms. The summed E-state index contributed by atoms with van der Waals surface area (Å²) >= 11 is 0. The number of likely N-dealkylation sites (tertiary alicyclic amines) is 1. The molecule has 0 radical (unpaired) electrons. The third-order valence-electron chi connectivity index (χ3n) is 6.95. The second-order valence-corrected chi connectivity index (χ2v) is 9.06. The number of aromatic nitrogens is 1. The average molecular weight is 440 g/mol. The molecule has 0 aliphatic carbocycles. The van der Waals surface area contributed by atoms with Gasteiger partial charge in [0.15, 0.2) is 0 Å². The summed E-state index contributed by atoms with van der Waals surface area (Å²) in [5.74, 6) is 1.40. The molecule has 2 heterocycles. The van der Waals surface area contributed by atoms with E-state index in [4.69, 9.17) is 4.74 Å². The van der Waals surface area contributed by atoms with Gasteiger partial charge in [-0.25, -0.2) is 0 Å². The molecule has 1 aromatic heterocycles. The van der Waals surface area contributed by atoms with Gasteiger partial charge in [-0.2, -0.15) is 0 Å². The van der Waals surface area contributed by atoms with E-state index in [1.807, 2.05) is 6.07 Å². The number of rotatable bonds is 8. The van der Waals surface area contributed by atoms with Crippen molar-refractivity contribution in [2.24, 2.45) is 0 Å². The van der Waals surface area contributed by atoms with E-state index >= 15 is 0 Å². The van der Waals surface area contributed by atoms with E-state index < -0.39 is 0 Å². The first kappa shape index (κ1) is 21.7. The van der Waals surface area contributed by atoms with Crippen molar-refractivity contribution in [2.45, 2.75) is 31.3 Å². The number of hydrogen-bond acceptors (Lipinski definition) is 3. The Morgan fingerprint density at radius 1 is 1.00 bits per heavy atom. The fourth-order valence-electron chi connectivity index (χ4n) is 5.17. The van der Waals surface area contributed by atoms with E-state index in [-0.39, 0.29) is 0 Å². The van der Waals surface area contributed by atoms with E-state index in [2.05, 4.69) is 94.2 Å². The van der Waals surface area contributed by atoms with Gasteiger partial charge in [0.1, 0.15) is 5.75 Å². The molecule has 4 aromatic rings. The first-order valence-corrected chi connectivity index (χ1v) is 12.0. The van der Waals surface area contributed by atoms with Gasteiger partial charge < -0.3 is 15.0 Å². The molecular weight excluding hydrogens is 406 g/mol. The van der Waals surface area contributed by atoms with Gasteiger partial charge in [0.05, 0.1) is 7.11 Å². The van der Waals surface area contributed by atoms with Crippen molar-refractivity contribution in [2.75, 3.05) is 26.7 Å². The molecule has 4 heteroatoms. The number of H-pyrrole nitrogens is 1. The zero-order chi connectivity index (χ0) is 22.5. The molecule has 2 N–H and O–H groups in total. The summed E-state index contributed by atoms with van der Waals surface area (Å²) in [7, 11) is 1.73. The lowest BCUT2D eigenvalue weighted by Gasteiger charge is -2.39. The molecular formula is C29H33N3O. The third kappa shape index (κ3) is 5.13. The Balaban J connectivity index is 1.26. The predicted octanol–water partition coefficient (Wildman–Crippen LogP) is 5.37. The van der Waals surface area contributed by atoms with E-state index in [1.165, 1.54) is 27.6 Å². The first-order valence-electron chi connectivity index (χ1n) is 12.0. The van der Waals surface area contributed by atoms with Gasteiger partial charge in [0.25, 0.3) is 0 Å². The van der Waals surface area contributed by atoms with Crippen LogP contribution in [0.2, 0.25) is 0 Å². The highest BCUT2D eigenvalue weighted by Gasteiger charge is 2.30. The second-order valence-electron chi connectivity index (χ2n) is 9.06. The molecule has 0 amide bonds. The van der Waals surface area contributed by atoms with Gasteiger partial charge >= 0.3 is 0 Å². The molecule has 1 saturated heterocycles. The second kappa shape index (κ2) is 10.2. The van der Waals surface area contributed by atoms with Crippen LogP contribution in [0, 0.1) is 0 Å². The molecule has 0 spiro atoms. The highest BCUT2D eigenvalue weighted by molar-refractivity contribution is 5.84. The van der Waals surface area contributed by atoms with Crippen molar-refractivity contribution >= 4 is 10.9 Å². The lowest BCUT2D eigenvalue weighted by atomic mass is 9.85. The number of methoxy groups -OCH3 is 1. The molecule has 2 atom stereocenters. The van der Waals surface area contributed by atoms with Crippen LogP contribution in [0.4, 0.5) is 0 Å². The maximum atomic E-state index is 5.43. The summed E-state index contributed by atoms with van der Waals surface area (Å²) in [6.07, 6.45) is 4.30. The summed E-state index contributed by atoms with van der Waals surface area (Å²) in [4.78, 5) is 6.01. The number of benzene rings is 3. The van der Waals surface area contributed by atoms with Crippen LogP contribution in [-0.4, -0.2) is 42.7 Å². The minimum absolute atomic E-state index is 0.485. The SMILES string of the molecule is COc1ccc2[nH]cc(CCN[C@H]3CCN(Cc4ccccc4)C[C@@H]3c3ccccc3)c2c1. The van der Waals surface area contributed by atoms with Gasteiger partial charge in [0, 0.05) is 48.7 Å². The Bertz CT molecular complexity index is 1160. The van der Waals surface area contributed by atoms with Crippen molar-refractivity contribution in [3.05, 3.63) is 102 Å². The molecule has 0 unspecified atom stereocenters. The van der Waals surface area contributed by atoms with Crippen molar-refractivity contribution in [1.29, 1.82) is 0 Å². The third-order valence-corrected chi connectivity index (χ3v) is 6.95. The standard InChI is InChI=1S/C29H33N3O/c1-33-25-12-13-28-26(18-25)24(19-31-28)14-16-30-29-15-17-32(20-22-8-4-2-5-9-22)21-27(29)23-10-6-3-7-11-23/h2-13,18-19,27,29-31H,14-17,20-21H2,1H3/t27-,29+/m1/s1. The highest BCUT2D eigenvalue weighted by atomic mass is 16.5. The van der Waals surface area contributed by atoms with Gasteiger partial charge in [-0.3, -0.25) is 4.90 Å². The minimum atomic E-state index is 0.485. The number of aromatic amines is 1. The molecule has 0 saturated carbocycles. The molecule has 170 valence electrons. The average Bonchev–Trinajstić information content (AvgIpc) is 3.28. The molecule has 33 heavy (non-hydrogen) atoms. The van der Waals surface area contributed by atoms with E-state index in [1.54, 1.807) is 7.11 Å². The largest absolute Gasteiger partial charge is 0.497 e. The van der Waals surface area contributed by atoms with Crippen LogP contribution in [0.5, 0.6) is 5.75 Å². The summed E-state index contributed by atoms with van der Waals surface area (Å²) in [6.45, 7) is 4.20. The van der Waals surface area contributed by atoms with Gasteiger partial charge in [-0.1, -0.05) is 60.7 Å². The fraction of sp³-hybridized carbons (Fsp3) is 0.310. The Hall–Kier alpha value is -3.08. The molecule has 4 nitrogen and oxygen atoms in total. The monoisotopic (exact) mass is 439 g/mol. The highest BCUT2D eigenvalue weighted by Crippen LogP contribution is 2.29. The first-order chi connectivity index (χ1) is 16.3. The topological polar surface area (TPSA) is 40.3 Å². The van der Waals surface area contributed by atoms with E-state index in [0.29, 0.717) is 12.0 Å². The predicted molar refractivity (Wildman–Crippen MR) is 136 cm³/mol. The maximum Gasteiger partial charge on any atom is 0.119 e. The van der Waals surface area contributed by atoms with Gasteiger partial charge in [-0.05, 0) is 54.3 Å². The number of ether oxygens (including phenoxy) is 1. The van der Waals surface area contributed by atoms with Crippen LogP contribution < -0.4 is 10.1 Å². The number of piperidine rings is 1. The normalized spacial score (nSPS) is 19.1. The minimum Gasteiger partial charge on any atom is -0.497 e. The summed E-state index contributed by atoms with van der Waals surface area (Å²) in [5, 5.41) is 5.17. The van der Waals surface area contributed by atoms with Crippen LogP contribution in [0.15, 0.2) is 85.1 Å². The quantitative estimate of drug-likeness (QED) is 0.388. The van der Waals surface area contributed by atoms with Crippen LogP contribution >= 0.6 is 0 Å². The maximum absolute atomic E-state index is 5.43. The lowest BCUT2D eigenvalue weighted by molar-refractivity contribution is 0.167. The number of fused-ring (bicyclic) bond motifs is 1. The summed E-state index contributed by atoms with van der Waals surface area (Å²) in [6, 6.07) is 28.6. The Kier molecular flexibility index (Phi) is 6.75. The molecule has 1 aliphatic heterocycles. The Morgan fingerprint density at radius 3 is 2.58 bits per heavy atom. The van der Waals surface area contributed by atoms with E-state index in [0.717, 1.165) is 44.8 Å². The van der Waals surface area contributed by atoms with Gasteiger partial charge in [0.2, 0.25) is 0 Å². The lowest BCUT2D eigenvalue weighted by Crippen LogP contribution is -2.48. The summed E-state index contributed by atoms with van der Waals surface area (Å²) in [5.41, 5.74) is 5.34. The number of nitrogens with one attached hydrogen (secondary N) is 2. The van der Waals surface area contributed by atoms with Crippen molar-refractivity contribution in [3.63, 3.8) is 0 Å². The van der Waals surface area contributed by atoms with Crippen LogP contribution in [0.1, 0.15) is 29.0 Å². The molecule has 1 aliphatic rings. The van der Waals surface area contributed by atoms with Crippen molar-refractivity contribution in [1.82, 2.24) is 15.2 Å². The smallest absolute Gasteiger partial charge is 0.119 e. The van der Waals surface area contributed by atoms with Gasteiger partial charge in [-0.15, -0.1) is 0 Å². The Morgan fingerprint density at radius 2 is 1.79 bits per heavy atom. The van der Waals surface area contributed by atoms with Crippen molar-refractivity contribution < 1.29 is 4.74 Å². The fourth-order valence-corrected chi connectivity index (χ4v) is 5.17. The molecule has 5 rings (SSSR count). The Labute approximate surface area is 196 Å². The van der Waals surface area contributed by atoms with Crippen LogP contribution in [-0.2, 0) is 13.0 Å². The zero-order valence-electron chi connectivity index (χ0n) is 19.3. The molecule has 1 fully saturated rings. The molecule has 3 aromatic carbocycles. The van der Waals surface area contributed by atoms with E-state index in [9.17, 15) is 0 Å². The van der Waals surface area contributed by atoms with Crippen LogP contribution in [0.25, 0.3) is 10.9 Å².